The molecule has 0 aliphatic heterocycles. The SMILES string of the molecule is CC(O)c1ccc(Br)cc1OCCC1CC1. The van der Waals surface area contributed by atoms with Gasteiger partial charge in [-0.1, -0.05) is 34.8 Å². The molecular weight excluding hydrogens is 268 g/mol. The molecule has 0 spiro atoms. The van der Waals surface area contributed by atoms with Gasteiger partial charge in [-0.15, -0.1) is 0 Å². The zero-order valence-corrected chi connectivity index (χ0v) is 11.0. The molecule has 1 atom stereocenters. The average Bonchev–Trinajstić information content (AvgIpc) is 3.01. The minimum atomic E-state index is -0.482. The lowest BCUT2D eigenvalue weighted by atomic mass is 10.1. The summed E-state index contributed by atoms with van der Waals surface area (Å²) in [5.41, 5.74) is 0.860. The third-order valence-corrected chi connectivity index (χ3v) is 3.40. The Hall–Kier alpha value is -0.540. The summed E-state index contributed by atoms with van der Waals surface area (Å²) in [6, 6.07) is 5.76. The molecule has 0 aromatic heterocycles. The molecule has 0 radical (unpaired) electrons. The molecule has 1 aliphatic carbocycles. The summed E-state index contributed by atoms with van der Waals surface area (Å²) < 4.78 is 6.72. The van der Waals surface area contributed by atoms with E-state index in [-0.39, 0.29) is 0 Å². The minimum Gasteiger partial charge on any atom is -0.493 e. The predicted octanol–water partition coefficient (Wildman–Crippen LogP) is 3.68. The molecule has 1 aromatic carbocycles. The molecule has 0 saturated heterocycles. The van der Waals surface area contributed by atoms with E-state index >= 15 is 0 Å². The van der Waals surface area contributed by atoms with Crippen LogP contribution in [0.5, 0.6) is 5.75 Å². The molecule has 1 N–H and O–H groups in total. The summed E-state index contributed by atoms with van der Waals surface area (Å²) in [6.45, 7) is 2.51. The highest BCUT2D eigenvalue weighted by Gasteiger charge is 2.21. The van der Waals surface area contributed by atoms with Crippen molar-refractivity contribution >= 4 is 15.9 Å². The molecule has 1 fully saturated rings. The van der Waals surface area contributed by atoms with Crippen molar-refractivity contribution < 1.29 is 9.84 Å². The number of rotatable bonds is 5. The maximum Gasteiger partial charge on any atom is 0.126 e. The predicted molar refractivity (Wildman–Crippen MR) is 67.6 cm³/mol. The standard InChI is InChI=1S/C13H17BrO2/c1-9(15)12-5-4-11(14)8-13(12)16-7-6-10-2-3-10/h4-5,8-10,15H,2-3,6-7H2,1H3. The molecule has 0 bridgehead atoms. The molecule has 1 saturated carbocycles. The van der Waals surface area contributed by atoms with Crippen LogP contribution in [0.2, 0.25) is 0 Å². The zero-order chi connectivity index (χ0) is 11.5. The van der Waals surface area contributed by atoms with Crippen LogP contribution >= 0.6 is 15.9 Å². The van der Waals surface area contributed by atoms with E-state index in [0.717, 1.165) is 34.7 Å². The maximum atomic E-state index is 9.62. The number of aliphatic hydroxyl groups is 1. The van der Waals surface area contributed by atoms with E-state index in [0.29, 0.717) is 0 Å². The first-order chi connectivity index (χ1) is 7.66. The fourth-order valence-corrected chi connectivity index (χ4v) is 2.06. The highest BCUT2D eigenvalue weighted by Crippen LogP contribution is 2.33. The van der Waals surface area contributed by atoms with Crippen LogP contribution in [-0.4, -0.2) is 11.7 Å². The molecule has 0 amide bonds. The van der Waals surface area contributed by atoms with E-state index in [1.807, 2.05) is 18.2 Å². The molecule has 1 aliphatic rings. The summed E-state index contributed by atoms with van der Waals surface area (Å²) >= 11 is 3.42. The van der Waals surface area contributed by atoms with E-state index in [9.17, 15) is 5.11 Å². The van der Waals surface area contributed by atoms with Crippen molar-refractivity contribution in [1.82, 2.24) is 0 Å². The van der Waals surface area contributed by atoms with Crippen LogP contribution in [0.3, 0.4) is 0 Å². The van der Waals surface area contributed by atoms with Gasteiger partial charge in [0.15, 0.2) is 0 Å². The summed E-state index contributed by atoms with van der Waals surface area (Å²) in [7, 11) is 0. The lowest BCUT2D eigenvalue weighted by Crippen LogP contribution is -2.03. The first kappa shape index (κ1) is 11.9. The van der Waals surface area contributed by atoms with Crippen LogP contribution in [0.15, 0.2) is 22.7 Å². The Bertz CT molecular complexity index is 359. The topological polar surface area (TPSA) is 29.5 Å². The Morgan fingerprint density at radius 1 is 1.50 bits per heavy atom. The lowest BCUT2D eigenvalue weighted by Gasteiger charge is -2.13. The Morgan fingerprint density at radius 3 is 2.88 bits per heavy atom. The van der Waals surface area contributed by atoms with Gasteiger partial charge in [-0.25, -0.2) is 0 Å². The number of hydrogen-bond acceptors (Lipinski definition) is 2. The van der Waals surface area contributed by atoms with Gasteiger partial charge in [-0.2, -0.15) is 0 Å². The molecular formula is C13H17BrO2. The van der Waals surface area contributed by atoms with Gasteiger partial charge in [0.05, 0.1) is 12.7 Å². The van der Waals surface area contributed by atoms with E-state index in [4.69, 9.17) is 4.74 Å². The van der Waals surface area contributed by atoms with Crippen molar-refractivity contribution in [2.45, 2.75) is 32.3 Å². The Labute approximate surface area is 105 Å². The van der Waals surface area contributed by atoms with Crippen LogP contribution in [-0.2, 0) is 0 Å². The van der Waals surface area contributed by atoms with Crippen molar-refractivity contribution in [3.63, 3.8) is 0 Å². The summed E-state index contributed by atoms with van der Waals surface area (Å²) in [6.07, 6.45) is 3.35. The van der Waals surface area contributed by atoms with Crippen LogP contribution in [0.1, 0.15) is 37.9 Å². The van der Waals surface area contributed by atoms with E-state index in [1.54, 1.807) is 6.92 Å². The highest BCUT2D eigenvalue weighted by molar-refractivity contribution is 9.10. The van der Waals surface area contributed by atoms with Gasteiger partial charge in [0.1, 0.15) is 5.75 Å². The average molecular weight is 285 g/mol. The largest absolute Gasteiger partial charge is 0.493 e. The molecule has 16 heavy (non-hydrogen) atoms. The van der Waals surface area contributed by atoms with Gasteiger partial charge >= 0.3 is 0 Å². The Morgan fingerprint density at radius 2 is 2.25 bits per heavy atom. The van der Waals surface area contributed by atoms with Gasteiger partial charge in [0.2, 0.25) is 0 Å². The van der Waals surface area contributed by atoms with Crippen LogP contribution < -0.4 is 4.74 Å². The third-order valence-electron chi connectivity index (χ3n) is 2.91. The lowest BCUT2D eigenvalue weighted by molar-refractivity contribution is 0.190. The fourth-order valence-electron chi connectivity index (χ4n) is 1.72. The van der Waals surface area contributed by atoms with Crippen molar-refractivity contribution in [2.75, 3.05) is 6.61 Å². The van der Waals surface area contributed by atoms with Gasteiger partial charge in [0, 0.05) is 10.0 Å². The number of aliphatic hydroxyl groups excluding tert-OH is 1. The normalized spacial score (nSPS) is 17.2. The van der Waals surface area contributed by atoms with Crippen molar-refractivity contribution in [2.24, 2.45) is 5.92 Å². The van der Waals surface area contributed by atoms with Gasteiger partial charge < -0.3 is 9.84 Å². The van der Waals surface area contributed by atoms with Gasteiger partial charge in [0.25, 0.3) is 0 Å². The molecule has 88 valence electrons. The molecule has 0 heterocycles. The smallest absolute Gasteiger partial charge is 0.126 e. The number of hydrogen-bond donors (Lipinski definition) is 1. The zero-order valence-electron chi connectivity index (χ0n) is 9.45. The van der Waals surface area contributed by atoms with Gasteiger partial charge in [-0.05, 0) is 31.4 Å². The second kappa shape index (κ2) is 5.19. The van der Waals surface area contributed by atoms with Gasteiger partial charge in [-0.3, -0.25) is 0 Å². The van der Waals surface area contributed by atoms with Crippen LogP contribution in [0, 0.1) is 5.92 Å². The van der Waals surface area contributed by atoms with Crippen LogP contribution in [0.4, 0.5) is 0 Å². The Balaban J connectivity index is 2.00. The quantitative estimate of drug-likeness (QED) is 0.894. The van der Waals surface area contributed by atoms with E-state index < -0.39 is 6.10 Å². The molecule has 3 heteroatoms. The summed E-state index contributed by atoms with van der Waals surface area (Å²) in [4.78, 5) is 0. The maximum absolute atomic E-state index is 9.62. The number of benzene rings is 1. The number of ether oxygens (including phenoxy) is 1. The first-order valence-corrected chi connectivity index (χ1v) is 6.56. The monoisotopic (exact) mass is 284 g/mol. The minimum absolute atomic E-state index is 0.482. The highest BCUT2D eigenvalue weighted by atomic mass is 79.9. The second-order valence-electron chi connectivity index (χ2n) is 4.44. The van der Waals surface area contributed by atoms with E-state index in [1.165, 1.54) is 12.8 Å². The Kier molecular flexibility index (Phi) is 3.87. The first-order valence-electron chi connectivity index (χ1n) is 5.77. The fraction of sp³-hybridized carbons (Fsp3) is 0.538. The van der Waals surface area contributed by atoms with Crippen LogP contribution in [0.25, 0.3) is 0 Å². The van der Waals surface area contributed by atoms with Crippen molar-refractivity contribution in [1.29, 1.82) is 0 Å². The van der Waals surface area contributed by atoms with E-state index in [2.05, 4.69) is 15.9 Å². The van der Waals surface area contributed by atoms with Crippen molar-refractivity contribution in [3.05, 3.63) is 28.2 Å². The van der Waals surface area contributed by atoms with Crippen molar-refractivity contribution in [3.8, 4) is 5.75 Å². The summed E-state index contributed by atoms with van der Waals surface area (Å²) in [5, 5.41) is 9.62. The molecule has 1 aromatic rings. The number of halogens is 1. The molecule has 2 nitrogen and oxygen atoms in total. The second-order valence-corrected chi connectivity index (χ2v) is 5.35. The summed E-state index contributed by atoms with van der Waals surface area (Å²) in [5.74, 6) is 1.67. The molecule has 2 rings (SSSR count). The molecule has 1 unspecified atom stereocenters. The third kappa shape index (κ3) is 3.22.